The molecule has 3 rings (SSSR count). The van der Waals surface area contributed by atoms with Crippen molar-refractivity contribution in [3.63, 3.8) is 0 Å². The average molecular weight is 395 g/mol. The normalized spacial score (nSPS) is 15.1. The van der Waals surface area contributed by atoms with Crippen LogP contribution in [0.4, 0.5) is 0 Å². The van der Waals surface area contributed by atoms with E-state index >= 15 is 0 Å². The van der Waals surface area contributed by atoms with Crippen molar-refractivity contribution in [3.8, 4) is 5.75 Å². The van der Waals surface area contributed by atoms with Crippen LogP contribution in [0.15, 0.2) is 59.6 Å². The highest BCUT2D eigenvalue weighted by molar-refractivity contribution is 5.94. The molecule has 1 heterocycles. The number of amides is 1. The summed E-state index contributed by atoms with van der Waals surface area (Å²) in [6, 6.07) is 17.6. The number of benzene rings is 2. The molecule has 1 saturated heterocycles. The van der Waals surface area contributed by atoms with Crippen molar-refractivity contribution in [2.45, 2.75) is 32.4 Å². The van der Waals surface area contributed by atoms with E-state index in [0.29, 0.717) is 12.1 Å². The maximum Gasteiger partial charge on any atom is 0.251 e. The lowest BCUT2D eigenvalue weighted by Crippen LogP contribution is -2.47. The van der Waals surface area contributed by atoms with Gasteiger partial charge >= 0.3 is 0 Å². The number of carbonyl (C=O) groups is 1. The van der Waals surface area contributed by atoms with Crippen LogP contribution in [0.2, 0.25) is 0 Å². The number of carbonyl (C=O) groups excluding carboxylic acids is 1. The van der Waals surface area contributed by atoms with E-state index in [1.807, 2.05) is 54.6 Å². The van der Waals surface area contributed by atoms with Gasteiger partial charge in [0.25, 0.3) is 5.91 Å². The van der Waals surface area contributed by atoms with Crippen LogP contribution < -0.4 is 15.4 Å². The maximum atomic E-state index is 11.8. The van der Waals surface area contributed by atoms with Gasteiger partial charge in [-0.1, -0.05) is 30.3 Å². The van der Waals surface area contributed by atoms with Crippen molar-refractivity contribution in [2.75, 3.05) is 26.7 Å². The van der Waals surface area contributed by atoms with Crippen LogP contribution in [-0.2, 0) is 6.54 Å². The predicted octanol–water partition coefficient (Wildman–Crippen LogP) is 3.06. The molecule has 0 radical (unpaired) electrons. The van der Waals surface area contributed by atoms with Gasteiger partial charge in [-0.3, -0.25) is 4.79 Å². The van der Waals surface area contributed by atoms with E-state index < -0.39 is 0 Å². The van der Waals surface area contributed by atoms with Gasteiger partial charge < -0.3 is 20.3 Å². The molecule has 1 fully saturated rings. The topological polar surface area (TPSA) is 66.0 Å². The van der Waals surface area contributed by atoms with Gasteiger partial charge in [-0.2, -0.15) is 0 Å². The second kappa shape index (κ2) is 10.5. The number of nitrogens with one attached hydrogen (secondary N) is 2. The van der Waals surface area contributed by atoms with Crippen molar-refractivity contribution in [3.05, 3.63) is 65.7 Å². The van der Waals surface area contributed by atoms with Crippen molar-refractivity contribution in [1.29, 1.82) is 0 Å². The summed E-state index contributed by atoms with van der Waals surface area (Å²) in [5.74, 6) is 1.77. The van der Waals surface area contributed by atoms with Crippen molar-refractivity contribution in [2.24, 2.45) is 4.99 Å². The Hall–Kier alpha value is -3.02. The molecule has 29 heavy (non-hydrogen) atoms. The molecule has 0 aromatic heterocycles. The maximum absolute atomic E-state index is 11.8. The number of ether oxygens (including phenoxy) is 1. The Morgan fingerprint density at radius 1 is 1.14 bits per heavy atom. The lowest BCUT2D eigenvalue weighted by atomic mass is 10.1. The molecule has 6 heteroatoms. The molecule has 1 aliphatic heterocycles. The number of aliphatic imine (C=N–C) groups is 1. The zero-order valence-corrected chi connectivity index (χ0v) is 17.2. The van der Waals surface area contributed by atoms with Crippen LogP contribution in [-0.4, -0.2) is 49.6 Å². The second-order valence-electron chi connectivity index (χ2n) is 7.07. The number of hydrogen-bond donors (Lipinski definition) is 2. The van der Waals surface area contributed by atoms with Crippen LogP contribution in [0.3, 0.4) is 0 Å². The molecule has 0 saturated carbocycles. The summed E-state index contributed by atoms with van der Waals surface area (Å²) in [6.45, 7) is 5.24. The monoisotopic (exact) mass is 394 g/mol. The van der Waals surface area contributed by atoms with Crippen LogP contribution >= 0.6 is 0 Å². The van der Waals surface area contributed by atoms with Crippen LogP contribution in [0.1, 0.15) is 35.7 Å². The third kappa shape index (κ3) is 5.98. The first-order chi connectivity index (χ1) is 14.2. The molecule has 0 aliphatic carbocycles. The Bertz CT molecular complexity index is 815. The number of piperidine rings is 1. The van der Waals surface area contributed by atoms with E-state index in [-0.39, 0.29) is 12.0 Å². The first-order valence-corrected chi connectivity index (χ1v) is 10.3. The number of likely N-dealkylation sites (tertiary alicyclic amines) is 1. The molecule has 1 amide bonds. The van der Waals surface area contributed by atoms with Crippen molar-refractivity contribution in [1.82, 2.24) is 15.5 Å². The minimum atomic E-state index is -0.0803. The number of guanidine groups is 1. The van der Waals surface area contributed by atoms with Crippen LogP contribution in [0.5, 0.6) is 5.75 Å². The van der Waals surface area contributed by atoms with Gasteiger partial charge in [-0.05, 0) is 36.8 Å². The summed E-state index contributed by atoms with van der Waals surface area (Å²) < 4.78 is 6.09. The first-order valence-electron chi connectivity index (χ1n) is 10.3. The number of nitrogens with zero attached hydrogens (tertiary/aromatic N) is 2. The van der Waals surface area contributed by atoms with E-state index in [9.17, 15) is 4.79 Å². The Kier molecular flexibility index (Phi) is 7.50. The minimum Gasteiger partial charge on any atom is -0.490 e. The molecule has 2 aromatic rings. The Morgan fingerprint density at radius 2 is 1.90 bits per heavy atom. The standard InChI is InChI=1S/C23H30N4O2/c1-3-25-23(26-17-18-8-7-9-19(16-18)22(28)24-2)27-14-12-21(13-15-27)29-20-10-5-4-6-11-20/h4-11,16,21H,3,12-15,17H2,1-2H3,(H,24,28)(H,25,26). The molecule has 2 aromatic carbocycles. The zero-order valence-electron chi connectivity index (χ0n) is 17.2. The molecule has 154 valence electrons. The second-order valence-corrected chi connectivity index (χ2v) is 7.07. The Balaban J connectivity index is 1.59. The number of rotatable bonds is 6. The minimum absolute atomic E-state index is 0.0803. The average Bonchev–Trinajstić information content (AvgIpc) is 2.77. The SMILES string of the molecule is CCNC(=NCc1cccc(C(=O)NC)c1)N1CCC(Oc2ccccc2)CC1. The summed E-state index contributed by atoms with van der Waals surface area (Å²) in [7, 11) is 1.64. The molecule has 6 nitrogen and oxygen atoms in total. The van der Waals surface area contributed by atoms with E-state index in [4.69, 9.17) is 9.73 Å². The number of hydrogen-bond acceptors (Lipinski definition) is 3. The number of para-hydroxylation sites is 1. The van der Waals surface area contributed by atoms with Gasteiger partial charge in [0.1, 0.15) is 11.9 Å². The first kappa shape index (κ1) is 20.7. The summed E-state index contributed by atoms with van der Waals surface area (Å²) in [5.41, 5.74) is 1.67. The molecule has 2 N–H and O–H groups in total. The smallest absolute Gasteiger partial charge is 0.251 e. The van der Waals surface area contributed by atoms with Gasteiger partial charge in [0.05, 0.1) is 6.54 Å². The lowest BCUT2D eigenvalue weighted by molar-refractivity contribution is 0.0963. The van der Waals surface area contributed by atoms with Gasteiger partial charge in [0, 0.05) is 45.1 Å². The quantitative estimate of drug-likeness (QED) is 0.584. The van der Waals surface area contributed by atoms with Crippen molar-refractivity contribution >= 4 is 11.9 Å². The molecular formula is C23H30N4O2. The molecule has 1 aliphatic rings. The van der Waals surface area contributed by atoms with E-state index in [2.05, 4.69) is 22.5 Å². The summed E-state index contributed by atoms with van der Waals surface area (Å²) >= 11 is 0. The molecular weight excluding hydrogens is 364 g/mol. The molecule has 0 unspecified atom stereocenters. The fourth-order valence-electron chi connectivity index (χ4n) is 3.42. The summed E-state index contributed by atoms with van der Waals surface area (Å²) in [4.78, 5) is 18.9. The van der Waals surface area contributed by atoms with E-state index in [1.165, 1.54) is 0 Å². The fourth-order valence-corrected chi connectivity index (χ4v) is 3.42. The van der Waals surface area contributed by atoms with Gasteiger partial charge in [0.2, 0.25) is 0 Å². The Labute approximate surface area is 173 Å². The van der Waals surface area contributed by atoms with Gasteiger partial charge in [-0.15, -0.1) is 0 Å². The van der Waals surface area contributed by atoms with Crippen molar-refractivity contribution < 1.29 is 9.53 Å². The largest absolute Gasteiger partial charge is 0.490 e. The predicted molar refractivity (Wildman–Crippen MR) is 116 cm³/mol. The highest BCUT2D eigenvalue weighted by Gasteiger charge is 2.22. The molecule has 0 bridgehead atoms. The Morgan fingerprint density at radius 3 is 2.59 bits per heavy atom. The third-order valence-corrected chi connectivity index (χ3v) is 4.95. The lowest BCUT2D eigenvalue weighted by Gasteiger charge is -2.34. The van der Waals surface area contributed by atoms with E-state index in [1.54, 1.807) is 7.05 Å². The highest BCUT2D eigenvalue weighted by atomic mass is 16.5. The highest BCUT2D eigenvalue weighted by Crippen LogP contribution is 2.19. The zero-order chi connectivity index (χ0) is 20.5. The van der Waals surface area contributed by atoms with Crippen LogP contribution in [0, 0.1) is 0 Å². The summed E-state index contributed by atoms with van der Waals surface area (Å²) in [5, 5.41) is 6.05. The fraction of sp³-hybridized carbons (Fsp3) is 0.391. The summed E-state index contributed by atoms with van der Waals surface area (Å²) in [6.07, 6.45) is 2.16. The van der Waals surface area contributed by atoms with Crippen LogP contribution in [0.25, 0.3) is 0 Å². The van der Waals surface area contributed by atoms with Gasteiger partial charge in [0.15, 0.2) is 5.96 Å². The van der Waals surface area contributed by atoms with E-state index in [0.717, 1.165) is 49.7 Å². The van der Waals surface area contributed by atoms with Gasteiger partial charge in [-0.25, -0.2) is 4.99 Å². The molecule has 0 spiro atoms. The molecule has 0 atom stereocenters. The third-order valence-electron chi connectivity index (χ3n) is 4.95.